The number of esters is 2. The molecule has 0 bridgehead atoms. The van der Waals surface area contributed by atoms with Crippen LogP contribution in [0.1, 0.15) is 54.7 Å². The quantitative estimate of drug-likeness (QED) is 0.204. The highest BCUT2D eigenvalue weighted by atomic mass is 31.2. The number of carbonyl (C=O) groups excluding carboxylic acids is 2. The number of ether oxygens (including phenoxy) is 3. The van der Waals surface area contributed by atoms with Crippen LogP contribution < -0.4 is 11.2 Å². The van der Waals surface area contributed by atoms with Crippen molar-refractivity contribution >= 4 is 19.8 Å². The van der Waals surface area contributed by atoms with Crippen LogP contribution in [0.15, 0.2) is 21.9 Å². The third-order valence-corrected chi connectivity index (χ3v) is 6.59. The first-order valence-electron chi connectivity index (χ1n) is 11.5. The second kappa shape index (κ2) is 11.8. The summed E-state index contributed by atoms with van der Waals surface area (Å²) in [7, 11) is -4.61. The van der Waals surface area contributed by atoms with Crippen molar-refractivity contribution < 1.29 is 52.1 Å². The van der Waals surface area contributed by atoms with E-state index in [-0.39, 0.29) is 0 Å². The van der Waals surface area contributed by atoms with Gasteiger partial charge in [0.2, 0.25) is 13.6 Å². The standard InChI is InChI=1S/C22H35N2O13P/c1-20(2,3)17(27)32-11-35-38(31,36-12-33-18(28)21(4,5)6)34-10-13-15(26)22(7,30)16(37-13)24-9-8-14(25)23-19(24)29/h8-9,13,15-16,26,30H,10-12H2,1-7H3,(H,23,25,29)/t13-,15-,16?,22-/m1/s1. The largest absolute Gasteiger partial charge is 0.480 e. The van der Waals surface area contributed by atoms with Crippen LogP contribution in [-0.4, -0.2) is 69.7 Å². The Kier molecular flexibility index (Phi) is 9.87. The highest BCUT2D eigenvalue weighted by molar-refractivity contribution is 7.48. The maximum atomic E-state index is 13.2. The maximum absolute atomic E-state index is 13.2. The van der Waals surface area contributed by atoms with E-state index in [1.54, 1.807) is 41.5 Å². The zero-order chi connectivity index (χ0) is 29.1. The first-order chi connectivity index (χ1) is 17.3. The molecule has 3 N–H and O–H groups in total. The normalized spacial score (nSPS) is 24.3. The highest BCUT2D eigenvalue weighted by Crippen LogP contribution is 2.50. The summed E-state index contributed by atoms with van der Waals surface area (Å²) in [4.78, 5) is 49.5. The Balaban J connectivity index is 2.14. The number of hydrogen-bond acceptors (Lipinski definition) is 13. The Morgan fingerprint density at radius 1 is 1.05 bits per heavy atom. The second-order valence-corrected chi connectivity index (χ2v) is 12.5. The zero-order valence-corrected chi connectivity index (χ0v) is 23.2. The van der Waals surface area contributed by atoms with Crippen molar-refractivity contribution in [3.8, 4) is 0 Å². The second-order valence-electron chi connectivity index (χ2n) is 10.8. The van der Waals surface area contributed by atoms with Gasteiger partial charge in [-0.1, -0.05) is 0 Å². The molecular formula is C22H35N2O13P. The molecule has 1 fully saturated rings. The monoisotopic (exact) mass is 566 g/mol. The first-order valence-corrected chi connectivity index (χ1v) is 13.0. The number of aromatic amines is 1. The van der Waals surface area contributed by atoms with Gasteiger partial charge in [-0.15, -0.1) is 0 Å². The Bertz CT molecular complexity index is 1130. The average molecular weight is 566 g/mol. The fraction of sp³-hybridized carbons (Fsp3) is 0.727. The molecule has 38 heavy (non-hydrogen) atoms. The van der Waals surface area contributed by atoms with Crippen LogP contribution in [0.5, 0.6) is 0 Å². The lowest BCUT2D eigenvalue weighted by molar-refractivity contribution is -0.163. The summed E-state index contributed by atoms with van der Waals surface area (Å²) in [6.45, 7) is 8.31. The van der Waals surface area contributed by atoms with E-state index in [2.05, 4.69) is 0 Å². The van der Waals surface area contributed by atoms with Gasteiger partial charge in [0, 0.05) is 12.3 Å². The van der Waals surface area contributed by atoms with Gasteiger partial charge in [0.25, 0.3) is 5.56 Å². The molecule has 0 amide bonds. The van der Waals surface area contributed by atoms with E-state index in [4.69, 9.17) is 27.8 Å². The Morgan fingerprint density at radius 3 is 2.00 bits per heavy atom. The number of aliphatic hydroxyl groups excluding tert-OH is 1. The van der Waals surface area contributed by atoms with Gasteiger partial charge >= 0.3 is 25.5 Å². The Labute approximate surface area is 218 Å². The van der Waals surface area contributed by atoms with Crippen molar-refractivity contribution in [1.82, 2.24) is 9.55 Å². The molecule has 2 rings (SSSR count). The van der Waals surface area contributed by atoms with Crippen LogP contribution >= 0.6 is 7.82 Å². The van der Waals surface area contributed by atoms with Crippen molar-refractivity contribution in [3.63, 3.8) is 0 Å². The number of aliphatic hydroxyl groups is 2. The lowest BCUT2D eigenvalue weighted by Crippen LogP contribution is -2.46. The van der Waals surface area contributed by atoms with Crippen LogP contribution in [0.3, 0.4) is 0 Å². The maximum Gasteiger partial charge on any atom is 0.480 e. The van der Waals surface area contributed by atoms with Crippen molar-refractivity contribution in [2.24, 2.45) is 10.8 Å². The predicted octanol–water partition coefficient (Wildman–Crippen LogP) is 0.797. The molecule has 1 aliphatic heterocycles. The van der Waals surface area contributed by atoms with E-state index in [0.717, 1.165) is 16.8 Å². The lowest BCUT2D eigenvalue weighted by atomic mass is 9.96. The van der Waals surface area contributed by atoms with E-state index in [1.165, 1.54) is 6.92 Å². The van der Waals surface area contributed by atoms with E-state index in [0.29, 0.717) is 0 Å². The van der Waals surface area contributed by atoms with Crippen LogP contribution in [0.4, 0.5) is 0 Å². The highest BCUT2D eigenvalue weighted by Gasteiger charge is 2.54. The van der Waals surface area contributed by atoms with Gasteiger partial charge in [-0.2, -0.15) is 0 Å². The molecule has 1 aromatic heterocycles. The molecule has 0 aromatic carbocycles. The number of nitrogens with zero attached hydrogens (tertiary/aromatic N) is 1. The summed E-state index contributed by atoms with van der Waals surface area (Å²) in [5.41, 5.74) is -5.42. The van der Waals surface area contributed by atoms with Crippen molar-refractivity contribution in [2.75, 3.05) is 20.2 Å². The minimum Gasteiger partial charge on any atom is -0.437 e. The molecule has 0 saturated carbocycles. The van der Waals surface area contributed by atoms with E-state index in [1.807, 2.05) is 4.98 Å². The summed E-state index contributed by atoms with van der Waals surface area (Å²) >= 11 is 0. The van der Waals surface area contributed by atoms with Crippen LogP contribution in [0.2, 0.25) is 0 Å². The van der Waals surface area contributed by atoms with E-state index >= 15 is 0 Å². The summed E-state index contributed by atoms with van der Waals surface area (Å²) in [5, 5.41) is 21.4. The first kappa shape index (κ1) is 31.8. The third-order valence-electron chi connectivity index (χ3n) is 5.28. The Morgan fingerprint density at radius 2 is 1.55 bits per heavy atom. The van der Waals surface area contributed by atoms with Gasteiger partial charge in [-0.05, 0) is 48.5 Å². The Hall–Kier alpha value is -2.39. The third kappa shape index (κ3) is 8.06. The number of H-pyrrole nitrogens is 1. The molecule has 0 spiro atoms. The van der Waals surface area contributed by atoms with Crippen molar-refractivity contribution in [1.29, 1.82) is 0 Å². The molecule has 216 valence electrons. The van der Waals surface area contributed by atoms with Crippen molar-refractivity contribution in [3.05, 3.63) is 33.1 Å². The summed E-state index contributed by atoms with van der Waals surface area (Å²) in [6, 6.07) is 1.02. The molecule has 16 heteroatoms. The molecule has 4 atom stereocenters. The molecule has 0 aliphatic carbocycles. The van der Waals surface area contributed by atoms with Crippen LogP contribution in [-0.2, 0) is 41.9 Å². The summed E-state index contributed by atoms with van der Waals surface area (Å²) in [5.74, 6) is -1.36. The summed E-state index contributed by atoms with van der Waals surface area (Å²) in [6.07, 6.45) is -3.43. The fourth-order valence-corrected chi connectivity index (χ4v) is 3.90. The molecule has 0 radical (unpaired) electrons. The fourth-order valence-electron chi connectivity index (χ4n) is 2.99. The topological polar surface area (TPSA) is 202 Å². The zero-order valence-electron chi connectivity index (χ0n) is 22.3. The molecular weight excluding hydrogens is 531 g/mol. The number of phosphoric acid groups is 1. The van der Waals surface area contributed by atoms with Crippen molar-refractivity contribution in [2.45, 2.75) is 72.5 Å². The van der Waals surface area contributed by atoms with E-state index < -0.39 is 86.1 Å². The minimum absolute atomic E-state index is 0.678. The summed E-state index contributed by atoms with van der Waals surface area (Å²) < 4.78 is 44.8. The predicted molar refractivity (Wildman–Crippen MR) is 128 cm³/mol. The number of nitrogens with one attached hydrogen (secondary N) is 1. The minimum atomic E-state index is -4.61. The molecule has 15 nitrogen and oxygen atoms in total. The smallest absolute Gasteiger partial charge is 0.437 e. The van der Waals surface area contributed by atoms with E-state index in [9.17, 15) is 34.0 Å². The van der Waals surface area contributed by atoms with Crippen LogP contribution in [0.25, 0.3) is 0 Å². The number of aromatic nitrogens is 2. The van der Waals surface area contributed by atoms with Crippen LogP contribution in [0, 0.1) is 10.8 Å². The number of phosphoric ester groups is 1. The lowest BCUT2D eigenvalue weighted by Gasteiger charge is -2.27. The van der Waals surface area contributed by atoms with Gasteiger partial charge in [0.05, 0.1) is 17.4 Å². The molecule has 1 aliphatic rings. The molecule has 1 aromatic rings. The number of hydrogen-bond donors (Lipinski definition) is 3. The molecule has 1 saturated heterocycles. The van der Waals surface area contributed by atoms with Gasteiger partial charge in [0.15, 0.2) is 6.23 Å². The van der Waals surface area contributed by atoms with Gasteiger partial charge < -0.3 is 24.4 Å². The number of carbonyl (C=O) groups is 2. The number of rotatable bonds is 10. The SMILES string of the molecule is CC(C)(C)C(=O)OCOP(=O)(OCOC(=O)C(C)(C)C)OC[C@H]1OC(n2ccc(=O)[nH]c2=O)[C@](C)(O)[C@@H]1O. The van der Waals surface area contributed by atoms with Gasteiger partial charge in [0.1, 0.15) is 17.8 Å². The molecule has 2 heterocycles. The van der Waals surface area contributed by atoms with Gasteiger partial charge in [-0.3, -0.25) is 28.5 Å². The molecule has 1 unspecified atom stereocenters. The van der Waals surface area contributed by atoms with Gasteiger partial charge in [-0.25, -0.2) is 18.4 Å². The average Bonchev–Trinajstić information content (AvgIpc) is 3.00.